The largest absolute Gasteiger partial charge is 0.378 e. The molecule has 1 heterocycles. The smallest absolute Gasteiger partial charge is 0.243 e. The number of morpholine rings is 1. The van der Waals surface area contributed by atoms with Gasteiger partial charge in [-0.25, -0.2) is 12.8 Å². The summed E-state index contributed by atoms with van der Waals surface area (Å²) in [7, 11) is -3.74. The van der Waals surface area contributed by atoms with Crippen LogP contribution in [0.15, 0.2) is 23.1 Å². The quantitative estimate of drug-likeness (QED) is 0.848. The molecule has 0 saturated carbocycles. The van der Waals surface area contributed by atoms with Gasteiger partial charge in [-0.1, -0.05) is 6.92 Å². The first-order valence-electron chi connectivity index (χ1n) is 6.30. The first-order valence-corrected chi connectivity index (χ1v) is 7.74. The lowest BCUT2D eigenvalue weighted by Crippen LogP contribution is -2.48. The molecule has 20 heavy (non-hydrogen) atoms. The van der Waals surface area contributed by atoms with E-state index >= 15 is 0 Å². The van der Waals surface area contributed by atoms with Gasteiger partial charge in [-0.15, -0.1) is 0 Å². The molecule has 5 nitrogen and oxygen atoms in total. The van der Waals surface area contributed by atoms with Crippen molar-refractivity contribution in [3.63, 3.8) is 0 Å². The maximum atomic E-state index is 13.3. The molecule has 1 unspecified atom stereocenters. The van der Waals surface area contributed by atoms with E-state index in [2.05, 4.69) is 0 Å². The SMILES string of the molecule is CCC1COCCN1S(=O)(=O)c1ccc(F)c(C#N)c1. The van der Waals surface area contributed by atoms with Crippen molar-refractivity contribution in [1.29, 1.82) is 5.26 Å². The molecule has 1 aromatic carbocycles. The van der Waals surface area contributed by atoms with Gasteiger partial charge in [-0.2, -0.15) is 9.57 Å². The molecule has 0 N–H and O–H groups in total. The molecule has 108 valence electrons. The van der Waals surface area contributed by atoms with E-state index in [1.165, 1.54) is 10.4 Å². The Labute approximate surface area is 117 Å². The van der Waals surface area contributed by atoms with Crippen molar-refractivity contribution in [2.75, 3.05) is 19.8 Å². The summed E-state index contributed by atoms with van der Waals surface area (Å²) in [5.41, 5.74) is -0.271. The van der Waals surface area contributed by atoms with Crippen LogP contribution in [0.2, 0.25) is 0 Å². The molecule has 0 radical (unpaired) electrons. The van der Waals surface area contributed by atoms with E-state index in [-0.39, 0.29) is 23.0 Å². The van der Waals surface area contributed by atoms with Gasteiger partial charge in [0.25, 0.3) is 0 Å². The highest BCUT2D eigenvalue weighted by Gasteiger charge is 2.33. The second-order valence-electron chi connectivity index (χ2n) is 4.51. The Morgan fingerprint density at radius 3 is 2.95 bits per heavy atom. The average molecular weight is 298 g/mol. The fourth-order valence-corrected chi connectivity index (χ4v) is 3.86. The van der Waals surface area contributed by atoms with Gasteiger partial charge in [-0.3, -0.25) is 0 Å². The normalized spacial score (nSPS) is 20.6. The Kier molecular flexibility index (Phi) is 4.38. The van der Waals surface area contributed by atoms with Crippen molar-refractivity contribution in [3.05, 3.63) is 29.6 Å². The first kappa shape index (κ1) is 14.9. The number of nitrogens with zero attached hydrogens (tertiary/aromatic N) is 2. The van der Waals surface area contributed by atoms with Crippen LogP contribution in [0.5, 0.6) is 0 Å². The molecule has 0 bridgehead atoms. The van der Waals surface area contributed by atoms with Crippen molar-refractivity contribution >= 4 is 10.0 Å². The Balaban J connectivity index is 2.42. The van der Waals surface area contributed by atoms with E-state index in [0.717, 1.165) is 12.1 Å². The van der Waals surface area contributed by atoms with Crippen molar-refractivity contribution in [1.82, 2.24) is 4.31 Å². The van der Waals surface area contributed by atoms with Gasteiger partial charge in [0, 0.05) is 12.6 Å². The van der Waals surface area contributed by atoms with E-state index < -0.39 is 15.8 Å². The molecule has 1 aliphatic rings. The molecule has 1 aromatic rings. The Morgan fingerprint density at radius 2 is 2.30 bits per heavy atom. The summed E-state index contributed by atoms with van der Waals surface area (Å²) in [6.45, 7) is 2.83. The minimum Gasteiger partial charge on any atom is -0.378 e. The molecule has 0 amide bonds. The fraction of sp³-hybridized carbons (Fsp3) is 0.462. The lowest BCUT2D eigenvalue weighted by atomic mass is 10.2. The molecule has 2 rings (SSSR count). The number of nitriles is 1. The maximum Gasteiger partial charge on any atom is 0.243 e. The summed E-state index contributed by atoms with van der Waals surface area (Å²) in [4.78, 5) is -0.0594. The van der Waals surface area contributed by atoms with Crippen LogP contribution in [0.1, 0.15) is 18.9 Å². The van der Waals surface area contributed by atoms with Gasteiger partial charge in [0.15, 0.2) is 0 Å². The van der Waals surface area contributed by atoms with Crippen LogP contribution in [-0.4, -0.2) is 38.5 Å². The summed E-state index contributed by atoms with van der Waals surface area (Å²) < 4.78 is 45.1. The number of sulfonamides is 1. The Hall–Kier alpha value is -1.49. The predicted octanol–water partition coefficient (Wildman–Crippen LogP) is 1.50. The van der Waals surface area contributed by atoms with Crippen LogP contribution in [0.3, 0.4) is 0 Å². The second kappa shape index (κ2) is 5.87. The Bertz CT molecular complexity index is 640. The molecule has 0 spiro atoms. The number of hydrogen-bond acceptors (Lipinski definition) is 4. The number of ether oxygens (including phenoxy) is 1. The average Bonchev–Trinajstić information content (AvgIpc) is 2.47. The molecule has 1 saturated heterocycles. The molecule has 0 aliphatic carbocycles. The van der Waals surface area contributed by atoms with Gasteiger partial charge in [0.05, 0.1) is 23.7 Å². The van der Waals surface area contributed by atoms with Gasteiger partial charge in [0.1, 0.15) is 11.9 Å². The summed E-state index contributed by atoms with van der Waals surface area (Å²) >= 11 is 0. The highest BCUT2D eigenvalue weighted by molar-refractivity contribution is 7.89. The third kappa shape index (κ3) is 2.68. The third-order valence-electron chi connectivity index (χ3n) is 3.31. The van der Waals surface area contributed by atoms with E-state index in [4.69, 9.17) is 10.00 Å². The zero-order valence-electron chi connectivity index (χ0n) is 11.0. The number of halogens is 1. The van der Waals surface area contributed by atoms with Crippen molar-refractivity contribution < 1.29 is 17.5 Å². The zero-order chi connectivity index (χ0) is 14.8. The maximum absolute atomic E-state index is 13.3. The molecular weight excluding hydrogens is 283 g/mol. The topological polar surface area (TPSA) is 70.4 Å². The summed E-state index contributed by atoms with van der Waals surface area (Å²) in [5.74, 6) is -0.722. The molecule has 1 aliphatic heterocycles. The van der Waals surface area contributed by atoms with Crippen LogP contribution >= 0.6 is 0 Å². The fourth-order valence-electron chi connectivity index (χ4n) is 2.16. The van der Waals surface area contributed by atoms with Gasteiger partial charge in [0.2, 0.25) is 10.0 Å². The number of benzene rings is 1. The number of hydrogen-bond donors (Lipinski definition) is 0. The first-order chi connectivity index (χ1) is 9.50. The molecular formula is C13H15FN2O3S. The van der Waals surface area contributed by atoms with Crippen molar-refractivity contribution in [3.8, 4) is 6.07 Å². The van der Waals surface area contributed by atoms with Crippen LogP contribution in [0, 0.1) is 17.1 Å². The minimum absolute atomic E-state index is 0.0594. The van der Waals surface area contributed by atoms with E-state index in [1.807, 2.05) is 6.92 Å². The summed E-state index contributed by atoms with van der Waals surface area (Å²) in [5, 5.41) is 8.80. The lowest BCUT2D eigenvalue weighted by molar-refractivity contribution is 0.0314. The Morgan fingerprint density at radius 1 is 1.55 bits per heavy atom. The summed E-state index contributed by atoms with van der Waals surface area (Å²) in [6.07, 6.45) is 0.630. The molecule has 0 aromatic heterocycles. The van der Waals surface area contributed by atoms with Crippen molar-refractivity contribution in [2.45, 2.75) is 24.3 Å². The van der Waals surface area contributed by atoms with E-state index in [1.54, 1.807) is 6.07 Å². The highest BCUT2D eigenvalue weighted by Crippen LogP contribution is 2.23. The number of rotatable bonds is 3. The van der Waals surface area contributed by atoms with Gasteiger partial charge < -0.3 is 4.74 Å². The van der Waals surface area contributed by atoms with Gasteiger partial charge in [-0.05, 0) is 24.6 Å². The van der Waals surface area contributed by atoms with Crippen molar-refractivity contribution in [2.24, 2.45) is 0 Å². The molecule has 7 heteroatoms. The zero-order valence-corrected chi connectivity index (χ0v) is 11.9. The monoisotopic (exact) mass is 298 g/mol. The van der Waals surface area contributed by atoms with E-state index in [9.17, 15) is 12.8 Å². The van der Waals surface area contributed by atoms with Crippen LogP contribution in [0.4, 0.5) is 4.39 Å². The second-order valence-corrected chi connectivity index (χ2v) is 6.40. The summed E-state index contributed by atoms with van der Waals surface area (Å²) in [6, 6.07) is 4.69. The highest BCUT2D eigenvalue weighted by atomic mass is 32.2. The van der Waals surface area contributed by atoms with E-state index in [0.29, 0.717) is 19.6 Å². The lowest BCUT2D eigenvalue weighted by Gasteiger charge is -2.33. The molecule has 1 atom stereocenters. The molecule has 1 fully saturated rings. The third-order valence-corrected chi connectivity index (χ3v) is 5.26. The van der Waals surface area contributed by atoms with Crippen LogP contribution in [-0.2, 0) is 14.8 Å². The minimum atomic E-state index is -3.74. The van der Waals surface area contributed by atoms with Gasteiger partial charge >= 0.3 is 0 Å². The predicted molar refractivity (Wildman–Crippen MR) is 69.9 cm³/mol. The standard InChI is InChI=1S/C13H15FN2O3S/c1-2-11-9-19-6-5-16(11)20(17,18)12-3-4-13(14)10(7-12)8-15/h3-4,7,11H,2,5-6,9H2,1H3. The van der Waals surface area contributed by atoms with Crippen LogP contribution in [0.25, 0.3) is 0 Å². The van der Waals surface area contributed by atoms with Crippen LogP contribution < -0.4 is 0 Å².